The van der Waals surface area contributed by atoms with E-state index in [-0.39, 0.29) is 31.3 Å². The van der Waals surface area contributed by atoms with Gasteiger partial charge in [0.25, 0.3) is 0 Å². The summed E-state index contributed by atoms with van der Waals surface area (Å²) in [5, 5.41) is 144. The Morgan fingerprint density at radius 1 is 0.696 bits per heavy atom. The molecule has 4 saturated carbocycles. The minimum absolute atomic E-state index is 0.0849. The average Bonchev–Trinajstić information content (AvgIpc) is 3.39. The molecule has 27 atom stereocenters. The second-order valence-corrected chi connectivity index (χ2v) is 25.6. The fourth-order valence-corrected chi connectivity index (χ4v) is 16.1. The van der Waals surface area contributed by atoms with E-state index < -0.39 is 193 Å². The molecule has 79 heavy (non-hydrogen) atoms. The van der Waals surface area contributed by atoms with Crippen molar-refractivity contribution in [2.75, 3.05) is 26.4 Å². The number of aliphatic carboxylic acids is 1. The molecule has 0 aromatic carbocycles. The van der Waals surface area contributed by atoms with Gasteiger partial charge in [0.05, 0.1) is 37.4 Å². The number of carbonyl (C=O) groups is 3. The lowest BCUT2D eigenvalue weighted by molar-refractivity contribution is -0.392. The summed E-state index contributed by atoms with van der Waals surface area (Å²) >= 11 is 0. The number of rotatable bonds is 14. The van der Waals surface area contributed by atoms with Crippen molar-refractivity contribution in [1.82, 2.24) is 0 Å². The number of esters is 2. The molecule has 3 aliphatic heterocycles. The van der Waals surface area contributed by atoms with Crippen LogP contribution in [-0.2, 0) is 52.3 Å². The van der Waals surface area contributed by atoms with Gasteiger partial charge in [-0.25, -0.2) is 9.59 Å². The van der Waals surface area contributed by atoms with Crippen molar-refractivity contribution in [3.63, 3.8) is 0 Å². The van der Waals surface area contributed by atoms with E-state index in [1.165, 1.54) is 6.92 Å². The summed E-state index contributed by atoms with van der Waals surface area (Å²) in [6.45, 7) is 14.3. The Balaban J connectivity index is 1.11. The van der Waals surface area contributed by atoms with Crippen molar-refractivity contribution in [3.05, 3.63) is 23.3 Å². The first-order valence-electron chi connectivity index (χ1n) is 27.7. The maximum Gasteiger partial charge on any atom is 0.335 e. The van der Waals surface area contributed by atoms with Gasteiger partial charge in [-0.05, 0) is 92.8 Å². The van der Waals surface area contributed by atoms with Gasteiger partial charge in [-0.3, -0.25) is 4.79 Å². The van der Waals surface area contributed by atoms with Crippen LogP contribution in [-0.4, -0.2) is 227 Å². The van der Waals surface area contributed by atoms with Crippen molar-refractivity contribution in [3.8, 4) is 0 Å². The van der Waals surface area contributed by atoms with E-state index in [0.29, 0.717) is 37.7 Å². The number of hydrogen-bond donors (Lipinski definition) is 13. The molecule has 3 heterocycles. The summed E-state index contributed by atoms with van der Waals surface area (Å²) in [4.78, 5) is 39.0. The number of allylic oxidation sites excluding steroid dienone is 3. The molecular formula is C55H86O24. The van der Waals surface area contributed by atoms with Crippen LogP contribution in [0.4, 0.5) is 0 Å². The number of aliphatic hydroxyl groups is 12. The summed E-state index contributed by atoms with van der Waals surface area (Å²) in [5.41, 5.74) is -3.78. The monoisotopic (exact) mass is 1130 g/mol. The standard InChI is InChI=1S/C55H86O24/c1-10-23(2)46(71)79-44-43(68)55(22-72-24(3)59)26(17-50(44,4)5)25-11-12-30-51(6)15-14-32(52(7,21-58)29(51)13-16-53(30,8)54(25,9)18-31(55)60)75-49-41(77-48-38(66)36(64)34(62)28(20-57)74-48)39(67)40(42(78-49)45(69)70)76-47-37(65)35(63)33(61)27(19-56)73-47/h10-11,26-44,47-49,56-58,60-68H,12-22H2,1-9H3,(H,69,70)/b23-10-/t26-,27+,28+,29+,30+,31+,32-,33+,34+,35-,36-,37+,38+,39-,40-,41+,42-,43-,44-,47-,48-,49+,51-,52+,53+,54+,55-/m0/s1. The average molecular weight is 1130 g/mol. The first-order chi connectivity index (χ1) is 36.9. The van der Waals surface area contributed by atoms with Crippen LogP contribution >= 0.6 is 0 Å². The first kappa shape index (κ1) is 62.2. The van der Waals surface area contributed by atoms with Crippen molar-refractivity contribution >= 4 is 17.9 Å². The third kappa shape index (κ3) is 10.0. The fraction of sp³-hybridized carbons (Fsp3) is 0.873. The zero-order chi connectivity index (χ0) is 58.4. The maximum atomic E-state index is 13.3. The SMILES string of the molecule is C/C=C(/C)C(=O)O[C@H]1[C@H](O)[C@]2(COC(C)=O)[C@H](O)C[C@]3(C)C(=CC[C@@H]4[C@@]5(C)CC[C@H](O[C@@H]6O[C@H](C(=O)O)[C@@H](O[C@@H]7O[C@H](CO)[C@@H](O)[C@H](O)[C@H]7O)[C@H](O)[C@H]6O[C@@H]6O[C@H](CO)[C@@H](O)[C@H](O)[C@H]6O)[C@](C)(CO)[C@@H]5CC[C@]43C)[C@@H]2CC1(C)C. The number of hydrogen-bond acceptors (Lipinski definition) is 23. The molecule has 7 fully saturated rings. The number of ether oxygens (including phenoxy) is 8. The Morgan fingerprint density at radius 2 is 1.28 bits per heavy atom. The molecule has 3 saturated heterocycles. The summed E-state index contributed by atoms with van der Waals surface area (Å²) in [6.07, 6.45) is -26.8. The minimum atomic E-state index is -2.18. The molecule has 8 aliphatic rings. The van der Waals surface area contributed by atoms with Crippen molar-refractivity contribution in [1.29, 1.82) is 0 Å². The Hall–Kier alpha value is -2.83. The molecule has 0 aromatic heterocycles. The van der Waals surface area contributed by atoms with Gasteiger partial charge in [0, 0.05) is 23.3 Å². The number of fused-ring (bicyclic) bond motifs is 7. The second-order valence-electron chi connectivity index (χ2n) is 25.6. The van der Waals surface area contributed by atoms with Gasteiger partial charge in [-0.15, -0.1) is 0 Å². The molecule has 0 unspecified atom stereocenters. The van der Waals surface area contributed by atoms with Crippen LogP contribution < -0.4 is 0 Å². The minimum Gasteiger partial charge on any atom is -0.479 e. The molecule has 0 bridgehead atoms. The Bertz CT molecular complexity index is 2290. The van der Waals surface area contributed by atoms with Gasteiger partial charge >= 0.3 is 17.9 Å². The summed E-state index contributed by atoms with van der Waals surface area (Å²) in [7, 11) is 0. The topological polar surface area (TPSA) is 388 Å². The summed E-state index contributed by atoms with van der Waals surface area (Å²) in [5.74, 6) is -3.82. The van der Waals surface area contributed by atoms with Gasteiger partial charge in [0.2, 0.25) is 0 Å². The van der Waals surface area contributed by atoms with Crippen molar-refractivity contribution in [2.45, 2.75) is 224 Å². The van der Waals surface area contributed by atoms with Crippen LogP contribution in [0, 0.1) is 50.2 Å². The van der Waals surface area contributed by atoms with Crippen LogP contribution in [0.25, 0.3) is 0 Å². The highest BCUT2D eigenvalue weighted by Crippen LogP contribution is 2.76. The number of carboxylic acid groups (broad SMARTS) is 1. The molecule has 8 rings (SSSR count). The quantitative estimate of drug-likeness (QED) is 0.0415. The lowest BCUT2D eigenvalue weighted by Crippen LogP contribution is -2.72. The molecule has 24 heteroatoms. The van der Waals surface area contributed by atoms with E-state index in [0.717, 1.165) is 5.57 Å². The number of aliphatic hydroxyl groups excluding tert-OH is 12. The van der Waals surface area contributed by atoms with Crippen LogP contribution in [0.15, 0.2) is 23.3 Å². The van der Waals surface area contributed by atoms with Crippen molar-refractivity contribution < 1.29 is 119 Å². The maximum absolute atomic E-state index is 13.3. The molecule has 0 spiro atoms. The zero-order valence-electron chi connectivity index (χ0n) is 46.4. The van der Waals surface area contributed by atoms with Gasteiger partial charge < -0.3 is 104 Å². The molecule has 0 radical (unpaired) electrons. The Labute approximate surface area is 459 Å². The van der Waals surface area contributed by atoms with E-state index in [9.17, 15) is 80.8 Å². The molecule has 450 valence electrons. The van der Waals surface area contributed by atoms with E-state index in [2.05, 4.69) is 26.8 Å². The third-order valence-corrected chi connectivity index (χ3v) is 21.0. The van der Waals surface area contributed by atoms with E-state index in [1.807, 2.05) is 20.8 Å². The van der Waals surface area contributed by atoms with Crippen LogP contribution in [0.3, 0.4) is 0 Å². The smallest absolute Gasteiger partial charge is 0.335 e. The largest absolute Gasteiger partial charge is 0.479 e. The van der Waals surface area contributed by atoms with Crippen LogP contribution in [0.1, 0.15) is 107 Å². The predicted octanol–water partition coefficient (Wildman–Crippen LogP) is -1.32. The molecule has 13 N–H and O–H groups in total. The van der Waals surface area contributed by atoms with E-state index >= 15 is 0 Å². The lowest BCUT2D eigenvalue weighted by atomic mass is 9.33. The Kier molecular flexibility index (Phi) is 17.8. The van der Waals surface area contributed by atoms with Crippen molar-refractivity contribution in [2.24, 2.45) is 50.2 Å². The normalized spacial score (nSPS) is 50.6. The lowest BCUT2D eigenvalue weighted by Gasteiger charge is -2.72. The second kappa shape index (κ2) is 22.6. The van der Waals surface area contributed by atoms with Crippen LogP contribution in [0.5, 0.6) is 0 Å². The number of carbonyl (C=O) groups excluding carboxylic acids is 2. The van der Waals surface area contributed by atoms with Gasteiger partial charge in [-0.2, -0.15) is 0 Å². The molecule has 5 aliphatic carbocycles. The highest BCUT2D eigenvalue weighted by molar-refractivity contribution is 5.87. The number of carboxylic acids is 1. The summed E-state index contributed by atoms with van der Waals surface area (Å²) < 4.78 is 47.7. The highest BCUT2D eigenvalue weighted by Gasteiger charge is 2.74. The molecule has 24 nitrogen and oxygen atoms in total. The van der Waals surface area contributed by atoms with Crippen LogP contribution in [0.2, 0.25) is 0 Å². The van der Waals surface area contributed by atoms with Gasteiger partial charge in [0.15, 0.2) is 25.0 Å². The molecule has 0 amide bonds. The highest BCUT2D eigenvalue weighted by atomic mass is 16.8. The first-order valence-corrected chi connectivity index (χ1v) is 27.7. The Morgan fingerprint density at radius 3 is 1.81 bits per heavy atom. The van der Waals surface area contributed by atoms with Gasteiger partial charge in [-0.1, -0.05) is 59.3 Å². The predicted molar refractivity (Wildman–Crippen MR) is 269 cm³/mol. The molecular weight excluding hydrogens is 1040 g/mol. The summed E-state index contributed by atoms with van der Waals surface area (Å²) in [6, 6.07) is 0. The third-order valence-electron chi connectivity index (χ3n) is 21.0. The molecule has 0 aromatic rings. The fourth-order valence-electron chi connectivity index (χ4n) is 16.1. The zero-order valence-corrected chi connectivity index (χ0v) is 46.4. The van der Waals surface area contributed by atoms with Gasteiger partial charge in [0.1, 0.15) is 86.0 Å². The van der Waals surface area contributed by atoms with E-state index in [4.69, 9.17) is 37.9 Å². The van der Waals surface area contributed by atoms with E-state index in [1.54, 1.807) is 19.9 Å².